The fourth-order valence-electron chi connectivity index (χ4n) is 2.94. The Labute approximate surface area is 110 Å². The third-order valence-corrected chi connectivity index (χ3v) is 4.13. The van der Waals surface area contributed by atoms with Gasteiger partial charge in [-0.2, -0.15) is 0 Å². The third-order valence-electron chi connectivity index (χ3n) is 4.13. The van der Waals surface area contributed by atoms with Gasteiger partial charge in [-0.25, -0.2) is 0 Å². The maximum absolute atomic E-state index is 5.90. The minimum absolute atomic E-state index is 0.693. The van der Waals surface area contributed by atoms with Gasteiger partial charge in [-0.1, -0.05) is 6.92 Å². The summed E-state index contributed by atoms with van der Waals surface area (Å²) in [4.78, 5) is 2.53. The van der Waals surface area contributed by atoms with Crippen LogP contribution in [0.4, 0.5) is 0 Å². The molecule has 1 saturated heterocycles. The molecule has 3 heteroatoms. The molecule has 0 radical (unpaired) electrons. The number of hydrogen-bond acceptors (Lipinski definition) is 3. The summed E-state index contributed by atoms with van der Waals surface area (Å²) >= 11 is 0. The molecule has 1 saturated carbocycles. The molecule has 1 aliphatic carbocycles. The van der Waals surface area contributed by atoms with E-state index in [0.29, 0.717) is 6.04 Å². The van der Waals surface area contributed by atoms with Crippen LogP contribution in [0, 0.1) is 5.92 Å². The SMILES string of the molecule is CC1CC(C)N(Cc2ccc(CNC3CC3)o2)C1. The molecule has 1 aliphatic heterocycles. The number of nitrogens with one attached hydrogen (secondary N) is 1. The molecule has 0 amide bonds. The van der Waals surface area contributed by atoms with Gasteiger partial charge < -0.3 is 9.73 Å². The number of nitrogens with zero attached hydrogens (tertiary/aromatic N) is 1. The van der Waals surface area contributed by atoms with Crippen molar-refractivity contribution in [3.8, 4) is 0 Å². The summed E-state index contributed by atoms with van der Waals surface area (Å²) in [6.07, 6.45) is 3.98. The number of rotatable bonds is 5. The van der Waals surface area contributed by atoms with Gasteiger partial charge in [0.1, 0.15) is 11.5 Å². The quantitative estimate of drug-likeness (QED) is 0.868. The zero-order chi connectivity index (χ0) is 12.5. The predicted octanol–water partition coefficient (Wildman–Crippen LogP) is 2.76. The summed E-state index contributed by atoms with van der Waals surface area (Å²) in [5.74, 6) is 3.02. The summed E-state index contributed by atoms with van der Waals surface area (Å²) in [6.45, 7) is 7.72. The van der Waals surface area contributed by atoms with Crippen molar-refractivity contribution in [3.63, 3.8) is 0 Å². The minimum Gasteiger partial charge on any atom is -0.463 e. The van der Waals surface area contributed by atoms with Crippen LogP contribution in [-0.2, 0) is 13.1 Å². The Hall–Kier alpha value is -0.800. The highest BCUT2D eigenvalue weighted by atomic mass is 16.3. The molecule has 0 bridgehead atoms. The van der Waals surface area contributed by atoms with Crippen LogP contribution in [0.2, 0.25) is 0 Å². The smallest absolute Gasteiger partial charge is 0.118 e. The zero-order valence-corrected chi connectivity index (χ0v) is 11.5. The van der Waals surface area contributed by atoms with Crippen molar-refractivity contribution in [2.24, 2.45) is 5.92 Å². The fourth-order valence-corrected chi connectivity index (χ4v) is 2.94. The van der Waals surface area contributed by atoms with Crippen molar-refractivity contribution < 1.29 is 4.42 Å². The van der Waals surface area contributed by atoms with Crippen LogP contribution in [0.1, 0.15) is 44.6 Å². The van der Waals surface area contributed by atoms with E-state index in [1.807, 2.05) is 0 Å². The second-order valence-corrected chi connectivity index (χ2v) is 6.14. The lowest BCUT2D eigenvalue weighted by Gasteiger charge is -2.19. The van der Waals surface area contributed by atoms with E-state index in [1.54, 1.807) is 0 Å². The molecule has 2 heterocycles. The Bertz CT molecular complexity index is 397. The lowest BCUT2D eigenvalue weighted by Crippen LogP contribution is -2.26. The minimum atomic E-state index is 0.693. The maximum Gasteiger partial charge on any atom is 0.118 e. The van der Waals surface area contributed by atoms with Gasteiger partial charge in [-0.15, -0.1) is 0 Å². The molecule has 2 atom stereocenters. The van der Waals surface area contributed by atoms with Gasteiger partial charge in [0.2, 0.25) is 0 Å². The van der Waals surface area contributed by atoms with Crippen LogP contribution in [0.15, 0.2) is 16.5 Å². The Kier molecular flexibility index (Phi) is 3.44. The monoisotopic (exact) mass is 248 g/mol. The number of hydrogen-bond donors (Lipinski definition) is 1. The van der Waals surface area contributed by atoms with E-state index in [1.165, 1.54) is 25.8 Å². The second kappa shape index (κ2) is 5.06. The van der Waals surface area contributed by atoms with Crippen LogP contribution in [-0.4, -0.2) is 23.5 Å². The molecule has 3 nitrogen and oxygen atoms in total. The van der Waals surface area contributed by atoms with Gasteiger partial charge >= 0.3 is 0 Å². The van der Waals surface area contributed by atoms with E-state index < -0.39 is 0 Å². The molecule has 2 unspecified atom stereocenters. The van der Waals surface area contributed by atoms with Gasteiger partial charge in [0, 0.05) is 18.6 Å². The second-order valence-electron chi connectivity index (χ2n) is 6.14. The number of likely N-dealkylation sites (tertiary alicyclic amines) is 1. The Morgan fingerprint density at radius 3 is 2.72 bits per heavy atom. The van der Waals surface area contributed by atoms with Crippen molar-refractivity contribution >= 4 is 0 Å². The molecule has 100 valence electrons. The molecular weight excluding hydrogens is 224 g/mol. The highest BCUT2D eigenvalue weighted by Gasteiger charge is 2.26. The molecule has 3 rings (SSSR count). The predicted molar refractivity (Wildman–Crippen MR) is 72.2 cm³/mol. The van der Waals surface area contributed by atoms with Gasteiger partial charge in [-0.05, 0) is 44.2 Å². The number of furan rings is 1. The van der Waals surface area contributed by atoms with E-state index in [0.717, 1.165) is 36.6 Å². The molecule has 18 heavy (non-hydrogen) atoms. The topological polar surface area (TPSA) is 28.4 Å². The van der Waals surface area contributed by atoms with E-state index in [4.69, 9.17) is 4.42 Å². The molecule has 1 aromatic rings. The lowest BCUT2D eigenvalue weighted by molar-refractivity contribution is 0.232. The average Bonchev–Trinajstić information content (AvgIpc) is 2.97. The van der Waals surface area contributed by atoms with Crippen molar-refractivity contribution in [1.29, 1.82) is 0 Å². The Morgan fingerprint density at radius 1 is 1.28 bits per heavy atom. The van der Waals surface area contributed by atoms with E-state index in [-0.39, 0.29) is 0 Å². The van der Waals surface area contributed by atoms with E-state index in [9.17, 15) is 0 Å². The zero-order valence-electron chi connectivity index (χ0n) is 11.5. The van der Waals surface area contributed by atoms with Crippen LogP contribution in [0.5, 0.6) is 0 Å². The van der Waals surface area contributed by atoms with Crippen LogP contribution < -0.4 is 5.32 Å². The first kappa shape index (κ1) is 12.2. The third kappa shape index (κ3) is 2.96. The highest BCUT2D eigenvalue weighted by Crippen LogP contribution is 2.25. The standard InChI is InChI=1S/C15H24N2O/c1-11-7-12(2)17(9-11)10-15-6-5-14(18-15)8-16-13-3-4-13/h5-6,11-13,16H,3-4,7-10H2,1-2H3. The van der Waals surface area contributed by atoms with Crippen molar-refractivity contribution in [2.45, 2.75) is 58.3 Å². The largest absolute Gasteiger partial charge is 0.463 e. The summed E-state index contributed by atoms with van der Waals surface area (Å²) in [5.41, 5.74) is 0. The van der Waals surface area contributed by atoms with E-state index >= 15 is 0 Å². The van der Waals surface area contributed by atoms with Crippen LogP contribution in [0.3, 0.4) is 0 Å². The molecule has 0 aromatic carbocycles. The highest BCUT2D eigenvalue weighted by molar-refractivity contribution is 5.08. The first-order valence-corrected chi connectivity index (χ1v) is 7.25. The van der Waals surface area contributed by atoms with Crippen molar-refractivity contribution in [2.75, 3.05) is 6.54 Å². The van der Waals surface area contributed by atoms with Crippen molar-refractivity contribution in [3.05, 3.63) is 23.7 Å². The first-order valence-electron chi connectivity index (χ1n) is 7.25. The van der Waals surface area contributed by atoms with Crippen molar-refractivity contribution in [1.82, 2.24) is 10.2 Å². The summed E-state index contributed by atoms with van der Waals surface area (Å²) in [6, 6.07) is 5.70. The molecule has 1 N–H and O–H groups in total. The normalized spacial score (nSPS) is 29.0. The molecule has 0 spiro atoms. The Morgan fingerprint density at radius 2 is 2.06 bits per heavy atom. The summed E-state index contributed by atoms with van der Waals surface area (Å²) in [5, 5.41) is 3.49. The lowest BCUT2D eigenvalue weighted by atomic mass is 10.1. The fraction of sp³-hybridized carbons (Fsp3) is 0.733. The van der Waals surface area contributed by atoms with E-state index in [2.05, 4.69) is 36.2 Å². The molecule has 2 fully saturated rings. The molecule has 2 aliphatic rings. The van der Waals surface area contributed by atoms with Gasteiger partial charge in [0.05, 0.1) is 13.1 Å². The van der Waals surface area contributed by atoms with Gasteiger partial charge in [0.15, 0.2) is 0 Å². The van der Waals surface area contributed by atoms with Crippen LogP contribution >= 0.6 is 0 Å². The Balaban J connectivity index is 1.52. The maximum atomic E-state index is 5.90. The van der Waals surface area contributed by atoms with Gasteiger partial charge in [-0.3, -0.25) is 4.90 Å². The summed E-state index contributed by atoms with van der Waals surface area (Å²) < 4.78 is 5.90. The average molecular weight is 248 g/mol. The van der Waals surface area contributed by atoms with Crippen LogP contribution in [0.25, 0.3) is 0 Å². The summed E-state index contributed by atoms with van der Waals surface area (Å²) in [7, 11) is 0. The first-order chi connectivity index (χ1) is 8.70. The molecular formula is C15H24N2O. The molecule has 1 aromatic heterocycles. The van der Waals surface area contributed by atoms with Gasteiger partial charge in [0.25, 0.3) is 0 Å².